The maximum Gasteiger partial charge on any atom is 0.222 e. The lowest BCUT2D eigenvalue weighted by molar-refractivity contribution is -0.119. The first kappa shape index (κ1) is 14.5. The van der Waals surface area contributed by atoms with Crippen molar-refractivity contribution < 1.29 is 4.79 Å². The molecule has 2 rings (SSSR count). The standard InChI is InChI=1S/C15H16ClN3O/c1-10(19-11(2)20)7-12-3-5-13(6-4-12)14-8-17-15(16)18-9-14/h3-6,8-10H,7H2,1-2H3,(H,19,20). The van der Waals surface area contributed by atoms with Crippen LogP contribution in [0.2, 0.25) is 5.28 Å². The second kappa shape index (κ2) is 6.48. The molecular weight excluding hydrogens is 274 g/mol. The number of amides is 1. The molecule has 1 aromatic heterocycles. The van der Waals surface area contributed by atoms with E-state index in [1.165, 1.54) is 12.5 Å². The molecule has 0 fully saturated rings. The van der Waals surface area contributed by atoms with E-state index in [0.717, 1.165) is 17.5 Å². The smallest absolute Gasteiger partial charge is 0.222 e. The highest BCUT2D eigenvalue weighted by molar-refractivity contribution is 6.28. The van der Waals surface area contributed by atoms with Crippen molar-refractivity contribution in [3.8, 4) is 11.1 Å². The van der Waals surface area contributed by atoms with Crippen LogP contribution < -0.4 is 5.32 Å². The summed E-state index contributed by atoms with van der Waals surface area (Å²) in [4.78, 5) is 18.9. The first-order chi connectivity index (χ1) is 9.54. The van der Waals surface area contributed by atoms with Crippen LogP contribution in [0.4, 0.5) is 0 Å². The molecule has 1 aromatic carbocycles. The van der Waals surface area contributed by atoms with Crippen LogP contribution in [0.15, 0.2) is 36.7 Å². The summed E-state index contributed by atoms with van der Waals surface area (Å²) in [5, 5.41) is 3.12. The molecule has 0 bridgehead atoms. The van der Waals surface area contributed by atoms with E-state index < -0.39 is 0 Å². The second-order valence-corrected chi connectivity index (χ2v) is 5.08. The fourth-order valence-corrected chi connectivity index (χ4v) is 2.14. The Hall–Kier alpha value is -1.94. The molecule has 4 nitrogen and oxygen atoms in total. The number of aromatic nitrogens is 2. The molecule has 0 radical (unpaired) electrons. The van der Waals surface area contributed by atoms with Crippen LogP contribution in [0.25, 0.3) is 11.1 Å². The molecule has 5 heteroatoms. The Morgan fingerprint density at radius 3 is 2.35 bits per heavy atom. The average Bonchev–Trinajstić information content (AvgIpc) is 2.39. The highest BCUT2D eigenvalue weighted by Crippen LogP contribution is 2.19. The third-order valence-electron chi connectivity index (χ3n) is 2.90. The topological polar surface area (TPSA) is 54.9 Å². The van der Waals surface area contributed by atoms with Crippen molar-refractivity contribution in [1.29, 1.82) is 0 Å². The van der Waals surface area contributed by atoms with E-state index in [2.05, 4.69) is 15.3 Å². The molecule has 1 heterocycles. The lowest BCUT2D eigenvalue weighted by Gasteiger charge is -2.12. The first-order valence-electron chi connectivity index (χ1n) is 6.38. The molecule has 0 saturated heterocycles. The maximum absolute atomic E-state index is 11.0. The third-order valence-corrected chi connectivity index (χ3v) is 3.09. The summed E-state index contributed by atoms with van der Waals surface area (Å²) in [5.41, 5.74) is 3.14. The van der Waals surface area contributed by atoms with Gasteiger partial charge in [0.15, 0.2) is 0 Å². The lowest BCUT2D eigenvalue weighted by atomic mass is 10.0. The predicted octanol–water partition coefficient (Wildman–Crippen LogP) is 2.86. The van der Waals surface area contributed by atoms with Gasteiger partial charge in [-0.05, 0) is 36.1 Å². The van der Waals surface area contributed by atoms with Crippen LogP contribution in [0.3, 0.4) is 0 Å². The maximum atomic E-state index is 11.0. The first-order valence-corrected chi connectivity index (χ1v) is 6.76. The Labute approximate surface area is 123 Å². The molecule has 1 atom stereocenters. The van der Waals surface area contributed by atoms with Crippen molar-refractivity contribution in [3.05, 3.63) is 47.5 Å². The number of hydrogen-bond acceptors (Lipinski definition) is 3. The number of carbonyl (C=O) groups excluding carboxylic acids is 1. The summed E-state index contributed by atoms with van der Waals surface area (Å²) in [6.07, 6.45) is 4.20. The number of nitrogens with one attached hydrogen (secondary N) is 1. The number of nitrogens with zero attached hydrogens (tertiary/aromatic N) is 2. The molecule has 1 unspecified atom stereocenters. The predicted molar refractivity (Wildman–Crippen MR) is 79.5 cm³/mol. The van der Waals surface area contributed by atoms with Crippen molar-refractivity contribution >= 4 is 17.5 Å². The van der Waals surface area contributed by atoms with Crippen molar-refractivity contribution in [3.63, 3.8) is 0 Å². The Morgan fingerprint density at radius 2 is 1.80 bits per heavy atom. The molecule has 0 saturated carbocycles. The van der Waals surface area contributed by atoms with Crippen LogP contribution in [-0.2, 0) is 11.2 Å². The molecule has 0 aliphatic rings. The summed E-state index contributed by atoms with van der Waals surface area (Å²) in [6, 6.07) is 8.24. The molecular formula is C15H16ClN3O. The SMILES string of the molecule is CC(=O)NC(C)Cc1ccc(-c2cnc(Cl)nc2)cc1. The monoisotopic (exact) mass is 289 g/mol. The summed E-state index contributed by atoms with van der Waals surface area (Å²) in [6.45, 7) is 3.52. The van der Waals surface area contributed by atoms with E-state index in [1.807, 2.05) is 31.2 Å². The van der Waals surface area contributed by atoms with Crippen molar-refractivity contribution in [2.24, 2.45) is 0 Å². The minimum absolute atomic E-state index is 0.00701. The molecule has 20 heavy (non-hydrogen) atoms. The Bertz CT molecular complexity index is 581. The fraction of sp³-hybridized carbons (Fsp3) is 0.267. The van der Waals surface area contributed by atoms with Gasteiger partial charge in [0, 0.05) is 30.9 Å². The second-order valence-electron chi connectivity index (χ2n) is 4.74. The summed E-state index contributed by atoms with van der Waals surface area (Å²) in [7, 11) is 0. The Morgan fingerprint density at radius 1 is 1.20 bits per heavy atom. The van der Waals surface area contributed by atoms with Gasteiger partial charge in [0.25, 0.3) is 0 Å². The normalized spacial score (nSPS) is 11.9. The van der Waals surface area contributed by atoms with E-state index in [1.54, 1.807) is 12.4 Å². The minimum Gasteiger partial charge on any atom is -0.354 e. The molecule has 0 aliphatic carbocycles. The zero-order valence-electron chi connectivity index (χ0n) is 11.4. The van der Waals surface area contributed by atoms with Crippen LogP contribution in [0.5, 0.6) is 0 Å². The molecule has 1 amide bonds. The van der Waals surface area contributed by atoms with Crippen LogP contribution >= 0.6 is 11.6 Å². The fourth-order valence-electron chi connectivity index (χ4n) is 2.05. The number of benzene rings is 1. The van der Waals surface area contributed by atoms with E-state index in [0.29, 0.717) is 0 Å². The number of hydrogen-bond donors (Lipinski definition) is 1. The minimum atomic E-state index is -0.00701. The Kier molecular flexibility index (Phi) is 4.69. The van der Waals surface area contributed by atoms with Gasteiger partial charge in [0.2, 0.25) is 11.2 Å². The van der Waals surface area contributed by atoms with Crippen molar-refractivity contribution in [1.82, 2.24) is 15.3 Å². The van der Waals surface area contributed by atoms with Gasteiger partial charge >= 0.3 is 0 Å². The van der Waals surface area contributed by atoms with Gasteiger partial charge in [0.05, 0.1) is 0 Å². The third kappa shape index (κ3) is 4.03. The number of halogens is 1. The van der Waals surface area contributed by atoms with Gasteiger partial charge in [-0.25, -0.2) is 9.97 Å². The largest absolute Gasteiger partial charge is 0.354 e. The number of carbonyl (C=O) groups is 1. The quantitative estimate of drug-likeness (QED) is 0.881. The van der Waals surface area contributed by atoms with Gasteiger partial charge in [-0.15, -0.1) is 0 Å². The summed E-state index contributed by atoms with van der Waals surface area (Å²) in [5.74, 6) is -0.00701. The van der Waals surface area contributed by atoms with Gasteiger partial charge in [-0.1, -0.05) is 24.3 Å². The molecule has 1 N–H and O–H groups in total. The van der Waals surface area contributed by atoms with E-state index >= 15 is 0 Å². The molecule has 104 valence electrons. The lowest BCUT2D eigenvalue weighted by Crippen LogP contribution is -2.31. The van der Waals surface area contributed by atoms with Gasteiger partial charge in [-0.3, -0.25) is 4.79 Å². The van der Waals surface area contributed by atoms with Gasteiger partial charge in [0.1, 0.15) is 0 Å². The molecule has 2 aromatic rings. The van der Waals surface area contributed by atoms with E-state index in [4.69, 9.17) is 11.6 Å². The average molecular weight is 290 g/mol. The number of rotatable bonds is 4. The summed E-state index contributed by atoms with van der Waals surface area (Å²) < 4.78 is 0. The summed E-state index contributed by atoms with van der Waals surface area (Å²) >= 11 is 5.67. The Balaban J connectivity index is 2.06. The van der Waals surface area contributed by atoms with Crippen LogP contribution in [-0.4, -0.2) is 21.9 Å². The van der Waals surface area contributed by atoms with Crippen molar-refractivity contribution in [2.45, 2.75) is 26.3 Å². The van der Waals surface area contributed by atoms with E-state index in [9.17, 15) is 4.79 Å². The zero-order valence-corrected chi connectivity index (χ0v) is 12.2. The molecule has 0 spiro atoms. The van der Waals surface area contributed by atoms with Gasteiger partial charge in [-0.2, -0.15) is 0 Å². The highest BCUT2D eigenvalue weighted by Gasteiger charge is 2.05. The zero-order chi connectivity index (χ0) is 14.5. The van der Waals surface area contributed by atoms with E-state index in [-0.39, 0.29) is 17.2 Å². The highest BCUT2D eigenvalue weighted by atomic mass is 35.5. The van der Waals surface area contributed by atoms with Crippen LogP contribution in [0, 0.1) is 0 Å². The van der Waals surface area contributed by atoms with Gasteiger partial charge < -0.3 is 5.32 Å². The van der Waals surface area contributed by atoms with Crippen molar-refractivity contribution in [2.75, 3.05) is 0 Å². The van der Waals surface area contributed by atoms with Crippen LogP contribution in [0.1, 0.15) is 19.4 Å². The molecule has 0 aliphatic heterocycles.